The molecule has 1 aromatic heterocycles. The van der Waals surface area contributed by atoms with E-state index in [1.54, 1.807) is 12.1 Å². The van der Waals surface area contributed by atoms with Crippen LogP contribution in [0.15, 0.2) is 28.5 Å². The summed E-state index contributed by atoms with van der Waals surface area (Å²) in [6, 6.07) is 6.64. The number of hydrogen-bond acceptors (Lipinski definition) is 8. The SMILES string of the molecule is Cc1cc(OCCCN)c(OCCCN)cc1-c1ccc(S(=O)(=O)NCP(=O)(O)O)s1. The first-order valence-corrected chi connectivity index (χ1v) is 13.6. The molecule has 174 valence electrons. The second-order valence-corrected chi connectivity index (χ2v) is 11.4. The fourth-order valence-electron chi connectivity index (χ4n) is 2.53. The molecule has 0 saturated heterocycles. The molecule has 0 aliphatic rings. The average molecular weight is 494 g/mol. The second kappa shape index (κ2) is 11.4. The zero-order valence-electron chi connectivity index (χ0n) is 17.1. The van der Waals surface area contributed by atoms with Gasteiger partial charge in [0.05, 0.1) is 13.2 Å². The van der Waals surface area contributed by atoms with E-state index in [0.29, 0.717) is 55.5 Å². The van der Waals surface area contributed by atoms with E-state index in [-0.39, 0.29) is 4.21 Å². The number of rotatable bonds is 13. The standard InChI is InChI=1S/C18H28N3O7PS2/c1-13-10-15(27-8-2-6-19)16(28-9-3-7-20)11-14(13)17-4-5-18(30-17)31(25,26)21-12-29(22,23)24/h4-5,10-11,21H,2-3,6-9,12,19-20H2,1H3,(H2,22,23,24). The van der Waals surface area contributed by atoms with E-state index in [2.05, 4.69) is 0 Å². The van der Waals surface area contributed by atoms with Crippen LogP contribution in [0.4, 0.5) is 0 Å². The molecule has 0 amide bonds. The monoisotopic (exact) mass is 493 g/mol. The zero-order valence-corrected chi connectivity index (χ0v) is 19.6. The summed E-state index contributed by atoms with van der Waals surface area (Å²) in [4.78, 5) is 18.5. The van der Waals surface area contributed by atoms with E-state index < -0.39 is 23.9 Å². The molecule has 2 rings (SSSR count). The minimum Gasteiger partial charge on any atom is -0.490 e. The quantitative estimate of drug-likeness (QED) is 0.205. The normalized spacial score (nSPS) is 12.2. The third-order valence-electron chi connectivity index (χ3n) is 4.07. The van der Waals surface area contributed by atoms with Crippen LogP contribution in [0.25, 0.3) is 10.4 Å². The van der Waals surface area contributed by atoms with Crippen molar-refractivity contribution in [2.45, 2.75) is 24.0 Å². The van der Waals surface area contributed by atoms with Gasteiger partial charge >= 0.3 is 7.60 Å². The fourth-order valence-corrected chi connectivity index (χ4v) is 5.98. The Bertz CT molecular complexity index is 1020. The number of aryl methyl sites for hydroxylation is 1. The lowest BCUT2D eigenvalue weighted by atomic mass is 10.1. The van der Waals surface area contributed by atoms with E-state index in [4.69, 9.17) is 30.7 Å². The van der Waals surface area contributed by atoms with Crippen LogP contribution in [0, 0.1) is 6.92 Å². The highest BCUT2D eigenvalue weighted by Crippen LogP contribution is 2.40. The van der Waals surface area contributed by atoms with Crippen LogP contribution in [-0.2, 0) is 14.6 Å². The topological polar surface area (TPSA) is 174 Å². The lowest BCUT2D eigenvalue weighted by Gasteiger charge is -2.16. The highest BCUT2D eigenvalue weighted by Gasteiger charge is 2.23. The predicted octanol–water partition coefficient (Wildman–Crippen LogP) is 1.59. The summed E-state index contributed by atoms with van der Waals surface area (Å²) >= 11 is 0.986. The maximum Gasteiger partial charge on any atom is 0.340 e. The first-order chi connectivity index (χ1) is 14.6. The molecule has 10 nitrogen and oxygen atoms in total. The van der Waals surface area contributed by atoms with Gasteiger partial charge in [-0.05, 0) is 68.2 Å². The molecule has 0 saturated carbocycles. The molecule has 1 heterocycles. The summed E-state index contributed by atoms with van der Waals surface area (Å²) in [6.45, 7) is 3.70. The minimum absolute atomic E-state index is 0.0516. The Morgan fingerprint density at radius 1 is 1.06 bits per heavy atom. The van der Waals surface area contributed by atoms with Crippen LogP contribution in [-0.4, -0.2) is 50.8 Å². The Morgan fingerprint density at radius 2 is 1.65 bits per heavy atom. The van der Waals surface area contributed by atoms with E-state index in [1.165, 1.54) is 6.07 Å². The van der Waals surface area contributed by atoms with Gasteiger partial charge in [0.25, 0.3) is 10.0 Å². The van der Waals surface area contributed by atoms with Gasteiger partial charge in [-0.3, -0.25) is 4.57 Å². The number of nitrogens with two attached hydrogens (primary N) is 2. The Kier molecular flexibility index (Phi) is 9.46. The molecule has 7 N–H and O–H groups in total. The molecule has 1 aromatic carbocycles. The van der Waals surface area contributed by atoms with E-state index in [0.717, 1.165) is 22.5 Å². The molecule has 0 spiro atoms. The number of nitrogens with one attached hydrogen (secondary N) is 1. The summed E-state index contributed by atoms with van der Waals surface area (Å²) in [5, 5.41) is 0. The number of hydrogen-bond donors (Lipinski definition) is 5. The first-order valence-electron chi connectivity index (χ1n) is 9.52. The largest absolute Gasteiger partial charge is 0.490 e. The summed E-state index contributed by atoms with van der Waals surface area (Å²) in [6.07, 6.45) is 0.393. The molecule has 31 heavy (non-hydrogen) atoms. The van der Waals surface area contributed by atoms with Gasteiger partial charge in [-0.2, -0.15) is 4.72 Å². The molecule has 13 heteroatoms. The predicted molar refractivity (Wildman–Crippen MR) is 120 cm³/mol. The Labute approximate surface area is 185 Å². The average Bonchev–Trinajstić information content (AvgIpc) is 3.19. The first kappa shape index (κ1) is 25.8. The Balaban J connectivity index is 2.33. The van der Waals surface area contributed by atoms with Crippen molar-refractivity contribution in [2.75, 3.05) is 32.6 Å². The molecule has 0 radical (unpaired) electrons. The highest BCUT2D eigenvalue weighted by molar-refractivity contribution is 7.92. The third kappa shape index (κ3) is 7.85. The van der Waals surface area contributed by atoms with Gasteiger partial charge in [-0.15, -0.1) is 11.3 Å². The Hall–Kier alpha value is -1.50. The van der Waals surface area contributed by atoms with E-state index >= 15 is 0 Å². The van der Waals surface area contributed by atoms with Crippen LogP contribution in [0.1, 0.15) is 18.4 Å². The van der Waals surface area contributed by atoms with Gasteiger partial charge < -0.3 is 30.7 Å². The van der Waals surface area contributed by atoms with Crippen LogP contribution in [0.5, 0.6) is 11.5 Å². The van der Waals surface area contributed by atoms with Crippen molar-refractivity contribution in [1.82, 2.24) is 4.72 Å². The smallest absolute Gasteiger partial charge is 0.340 e. The molecule has 0 aliphatic heterocycles. The van der Waals surface area contributed by atoms with Crippen molar-refractivity contribution in [2.24, 2.45) is 11.5 Å². The van der Waals surface area contributed by atoms with Crippen molar-refractivity contribution >= 4 is 29.0 Å². The van der Waals surface area contributed by atoms with Crippen LogP contribution in [0.2, 0.25) is 0 Å². The van der Waals surface area contributed by atoms with Crippen molar-refractivity contribution in [3.63, 3.8) is 0 Å². The lowest BCUT2D eigenvalue weighted by Crippen LogP contribution is -2.23. The molecule has 0 fully saturated rings. The van der Waals surface area contributed by atoms with Gasteiger partial charge in [-0.1, -0.05) is 0 Å². The van der Waals surface area contributed by atoms with Crippen molar-refractivity contribution in [3.8, 4) is 21.9 Å². The van der Waals surface area contributed by atoms with Crippen molar-refractivity contribution < 1.29 is 32.2 Å². The molecule has 0 atom stereocenters. The van der Waals surface area contributed by atoms with Crippen LogP contribution < -0.4 is 25.7 Å². The summed E-state index contributed by atoms with van der Waals surface area (Å²) in [5.74, 6) is 1.09. The molecule has 0 bridgehead atoms. The summed E-state index contributed by atoms with van der Waals surface area (Å²) < 4.78 is 49.2. The van der Waals surface area contributed by atoms with Crippen molar-refractivity contribution in [1.29, 1.82) is 0 Å². The molecular weight excluding hydrogens is 465 g/mol. The number of thiophene rings is 1. The summed E-state index contributed by atoms with van der Waals surface area (Å²) in [5.41, 5.74) is 12.7. The van der Waals surface area contributed by atoms with E-state index in [9.17, 15) is 13.0 Å². The van der Waals surface area contributed by atoms with Gasteiger partial charge in [0.2, 0.25) is 0 Å². The number of benzene rings is 1. The van der Waals surface area contributed by atoms with Crippen LogP contribution >= 0.6 is 18.9 Å². The van der Waals surface area contributed by atoms with E-state index in [1.807, 2.05) is 17.7 Å². The van der Waals surface area contributed by atoms with Gasteiger partial charge in [0.1, 0.15) is 10.5 Å². The maximum atomic E-state index is 12.3. The molecule has 0 aliphatic carbocycles. The number of ether oxygens (including phenoxy) is 2. The van der Waals surface area contributed by atoms with Gasteiger partial charge in [0.15, 0.2) is 11.5 Å². The molecule has 2 aromatic rings. The maximum absolute atomic E-state index is 12.3. The Morgan fingerprint density at radius 3 is 2.19 bits per heavy atom. The van der Waals surface area contributed by atoms with Gasteiger partial charge in [-0.25, -0.2) is 8.42 Å². The van der Waals surface area contributed by atoms with Crippen molar-refractivity contribution in [3.05, 3.63) is 29.8 Å². The minimum atomic E-state index is -4.51. The fraction of sp³-hybridized carbons (Fsp3) is 0.444. The molecular formula is C18H28N3O7PS2. The van der Waals surface area contributed by atoms with Gasteiger partial charge in [0, 0.05) is 4.88 Å². The lowest BCUT2D eigenvalue weighted by molar-refractivity contribution is 0.265. The third-order valence-corrected chi connectivity index (χ3v) is 7.87. The number of sulfonamides is 1. The van der Waals surface area contributed by atoms with Crippen LogP contribution in [0.3, 0.4) is 0 Å². The zero-order chi connectivity index (χ0) is 23.1. The molecule has 0 unspecified atom stereocenters. The summed E-state index contributed by atoms with van der Waals surface area (Å²) in [7, 11) is -8.56. The second-order valence-electron chi connectivity index (χ2n) is 6.68. The highest BCUT2D eigenvalue weighted by atomic mass is 32.2.